The molecule has 0 aromatic heterocycles. The van der Waals surface area contributed by atoms with Gasteiger partial charge in [-0.3, -0.25) is 14.5 Å². The number of ether oxygens (including phenoxy) is 1. The first-order chi connectivity index (χ1) is 13.6. The molecule has 1 saturated heterocycles. The summed E-state index contributed by atoms with van der Waals surface area (Å²) in [5.41, 5.74) is 0.913. The van der Waals surface area contributed by atoms with E-state index < -0.39 is 0 Å². The van der Waals surface area contributed by atoms with Crippen LogP contribution in [0.15, 0.2) is 71.6 Å². The van der Waals surface area contributed by atoms with Crippen molar-refractivity contribution >= 4 is 51.4 Å². The number of nitrogens with zero attached hydrogens (tertiary/aromatic N) is 1. The number of rotatable bonds is 5. The van der Waals surface area contributed by atoms with E-state index in [4.69, 9.17) is 16.3 Å². The van der Waals surface area contributed by atoms with Gasteiger partial charge in [-0.2, -0.15) is 0 Å². The molecule has 0 unspecified atom stereocenters. The highest BCUT2D eigenvalue weighted by molar-refractivity contribution is 8.18. The Morgan fingerprint density at radius 2 is 1.71 bits per heavy atom. The highest BCUT2D eigenvalue weighted by Gasteiger charge is 2.34. The predicted molar refractivity (Wildman–Crippen MR) is 114 cm³/mol. The van der Waals surface area contributed by atoms with Crippen LogP contribution in [0, 0.1) is 0 Å². The third-order valence-electron chi connectivity index (χ3n) is 4.39. The molecule has 0 saturated carbocycles. The largest absolute Gasteiger partial charge is 0.490 e. The van der Waals surface area contributed by atoms with Crippen molar-refractivity contribution in [1.29, 1.82) is 0 Å². The van der Waals surface area contributed by atoms with Crippen LogP contribution in [0.1, 0.15) is 5.56 Å². The lowest BCUT2D eigenvalue weighted by Gasteiger charge is -2.13. The molecular formula is C22H16ClNO3S. The Morgan fingerprint density at radius 3 is 2.57 bits per heavy atom. The topological polar surface area (TPSA) is 46.6 Å². The molecule has 0 bridgehead atoms. The summed E-state index contributed by atoms with van der Waals surface area (Å²) in [4.78, 5) is 26.6. The molecule has 28 heavy (non-hydrogen) atoms. The standard InChI is InChI=1S/C22H16ClNO3S/c23-18-10-3-4-11-19(18)27-13-12-24-21(25)20(28-22(24)26)14-16-8-5-7-15-6-1-2-9-17(15)16/h1-11,14H,12-13H2/b20-14-. The highest BCUT2D eigenvalue weighted by Crippen LogP contribution is 2.33. The van der Waals surface area contributed by atoms with Gasteiger partial charge in [-0.25, -0.2) is 0 Å². The summed E-state index contributed by atoms with van der Waals surface area (Å²) in [7, 11) is 0. The van der Waals surface area contributed by atoms with Crippen LogP contribution in [0.3, 0.4) is 0 Å². The average molecular weight is 410 g/mol. The van der Waals surface area contributed by atoms with Crippen LogP contribution in [0.25, 0.3) is 16.8 Å². The van der Waals surface area contributed by atoms with Gasteiger partial charge in [0.05, 0.1) is 16.5 Å². The summed E-state index contributed by atoms with van der Waals surface area (Å²) in [6.45, 7) is 0.353. The zero-order valence-electron chi connectivity index (χ0n) is 14.8. The van der Waals surface area contributed by atoms with Gasteiger partial charge in [-0.15, -0.1) is 0 Å². The van der Waals surface area contributed by atoms with Crippen molar-refractivity contribution in [2.24, 2.45) is 0 Å². The summed E-state index contributed by atoms with van der Waals surface area (Å²) >= 11 is 7.00. The quantitative estimate of drug-likeness (QED) is 0.514. The Bertz CT molecular complexity index is 1090. The van der Waals surface area contributed by atoms with E-state index >= 15 is 0 Å². The smallest absolute Gasteiger partial charge is 0.293 e. The molecule has 4 nitrogen and oxygen atoms in total. The van der Waals surface area contributed by atoms with Gasteiger partial charge in [-0.05, 0) is 46.3 Å². The maximum Gasteiger partial charge on any atom is 0.293 e. The van der Waals surface area contributed by atoms with Crippen LogP contribution in [0.4, 0.5) is 4.79 Å². The number of halogens is 1. The second-order valence-electron chi connectivity index (χ2n) is 6.18. The van der Waals surface area contributed by atoms with Gasteiger partial charge < -0.3 is 4.74 Å². The van der Waals surface area contributed by atoms with Gasteiger partial charge in [0.15, 0.2) is 0 Å². The Hall–Kier alpha value is -2.76. The summed E-state index contributed by atoms with van der Waals surface area (Å²) < 4.78 is 5.60. The number of carbonyl (C=O) groups is 2. The van der Waals surface area contributed by atoms with Gasteiger partial charge in [0.25, 0.3) is 11.1 Å². The number of thioether (sulfide) groups is 1. The zero-order chi connectivity index (χ0) is 19.5. The van der Waals surface area contributed by atoms with E-state index in [0.717, 1.165) is 28.1 Å². The molecule has 4 rings (SSSR count). The lowest BCUT2D eigenvalue weighted by Crippen LogP contribution is -2.32. The maximum atomic E-state index is 12.7. The Morgan fingerprint density at radius 1 is 0.964 bits per heavy atom. The van der Waals surface area contributed by atoms with Crippen LogP contribution in [-0.4, -0.2) is 29.2 Å². The molecule has 0 spiro atoms. The first kappa shape index (κ1) is 18.6. The van der Waals surface area contributed by atoms with E-state index in [0.29, 0.717) is 15.7 Å². The Balaban J connectivity index is 1.49. The molecule has 6 heteroatoms. The second kappa shape index (κ2) is 8.09. The minimum atomic E-state index is -0.300. The van der Waals surface area contributed by atoms with Crippen LogP contribution in [0.2, 0.25) is 5.02 Å². The number of amides is 2. The third-order valence-corrected chi connectivity index (χ3v) is 5.61. The molecule has 0 N–H and O–H groups in total. The monoisotopic (exact) mass is 409 g/mol. The van der Waals surface area contributed by atoms with Crippen molar-refractivity contribution in [3.63, 3.8) is 0 Å². The van der Waals surface area contributed by atoms with Gasteiger partial charge >= 0.3 is 0 Å². The van der Waals surface area contributed by atoms with Crippen molar-refractivity contribution in [1.82, 2.24) is 4.90 Å². The van der Waals surface area contributed by atoms with Crippen LogP contribution >= 0.6 is 23.4 Å². The minimum Gasteiger partial charge on any atom is -0.490 e. The minimum absolute atomic E-state index is 0.169. The molecule has 3 aromatic rings. The van der Waals surface area contributed by atoms with Crippen molar-refractivity contribution in [2.75, 3.05) is 13.2 Å². The summed E-state index contributed by atoms with van der Waals surface area (Å²) in [6, 6.07) is 20.9. The molecule has 1 heterocycles. The summed E-state index contributed by atoms with van der Waals surface area (Å²) in [5.74, 6) is 0.230. The van der Waals surface area contributed by atoms with Crippen LogP contribution in [0.5, 0.6) is 5.75 Å². The highest BCUT2D eigenvalue weighted by atomic mass is 35.5. The molecule has 0 atom stereocenters. The Labute approximate surface area is 171 Å². The first-order valence-corrected chi connectivity index (χ1v) is 9.93. The predicted octanol–water partition coefficient (Wildman–Crippen LogP) is 5.61. The normalized spacial score (nSPS) is 15.6. The molecule has 1 aliphatic heterocycles. The fraction of sp³-hybridized carbons (Fsp3) is 0.0909. The molecule has 1 fully saturated rings. The van der Waals surface area contributed by atoms with Crippen molar-refractivity contribution < 1.29 is 14.3 Å². The number of hydrogen-bond donors (Lipinski definition) is 0. The van der Waals surface area contributed by atoms with Gasteiger partial charge in [-0.1, -0.05) is 66.2 Å². The van der Waals surface area contributed by atoms with E-state index in [-0.39, 0.29) is 24.3 Å². The van der Waals surface area contributed by atoms with Crippen molar-refractivity contribution in [2.45, 2.75) is 0 Å². The first-order valence-electron chi connectivity index (χ1n) is 8.74. The maximum absolute atomic E-state index is 12.7. The van der Waals surface area contributed by atoms with Gasteiger partial charge in [0.1, 0.15) is 12.4 Å². The lowest BCUT2D eigenvalue weighted by molar-refractivity contribution is -0.123. The number of carbonyl (C=O) groups excluding carboxylic acids is 2. The number of hydrogen-bond acceptors (Lipinski definition) is 4. The number of imide groups is 1. The number of para-hydroxylation sites is 1. The summed E-state index contributed by atoms with van der Waals surface area (Å²) in [5, 5.41) is 2.33. The Kier molecular flexibility index (Phi) is 5.37. The SMILES string of the molecule is O=C1S/C(=C\c2cccc3ccccc23)C(=O)N1CCOc1ccccc1Cl. The summed E-state index contributed by atoms with van der Waals surface area (Å²) in [6.07, 6.45) is 1.78. The molecule has 3 aromatic carbocycles. The van der Waals surface area contributed by atoms with Gasteiger partial charge in [0.2, 0.25) is 0 Å². The number of fused-ring (bicyclic) bond motifs is 1. The fourth-order valence-corrected chi connectivity index (χ4v) is 4.07. The van der Waals surface area contributed by atoms with Crippen LogP contribution in [-0.2, 0) is 4.79 Å². The fourth-order valence-electron chi connectivity index (χ4n) is 3.02. The second-order valence-corrected chi connectivity index (χ2v) is 7.58. The molecule has 0 aliphatic carbocycles. The van der Waals surface area contributed by atoms with E-state index in [9.17, 15) is 9.59 Å². The van der Waals surface area contributed by atoms with E-state index in [1.165, 1.54) is 4.90 Å². The number of benzene rings is 3. The van der Waals surface area contributed by atoms with E-state index in [1.807, 2.05) is 54.6 Å². The van der Waals surface area contributed by atoms with Gasteiger partial charge in [0, 0.05) is 0 Å². The molecule has 2 amide bonds. The average Bonchev–Trinajstić information content (AvgIpc) is 2.97. The molecule has 1 aliphatic rings. The third kappa shape index (κ3) is 3.77. The zero-order valence-corrected chi connectivity index (χ0v) is 16.4. The van der Waals surface area contributed by atoms with E-state index in [1.54, 1.807) is 18.2 Å². The molecule has 140 valence electrons. The van der Waals surface area contributed by atoms with Crippen molar-refractivity contribution in [3.8, 4) is 5.75 Å². The molecule has 0 radical (unpaired) electrons. The van der Waals surface area contributed by atoms with Crippen molar-refractivity contribution in [3.05, 3.63) is 82.2 Å². The molecular weight excluding hydrogens is 394 g/mol. The lowest BCUT2D eigenvalue weighted by atomic mass is 10.0. The van der Waals surface area contributed by atoms with E-state index in [2.05, 4.69) is 0 Å². The van der Waals surface area contributed by atoms with Crippen LogP contribution < -0.4 is 4.74 Å².